The average molecular weight is 368 g/mol. The molecule has 1 saturated heterocycles. The lowest BCUT2D eigenvalue weighted by atomic mass is 9.80. The maximum Gasteiger partial charge on any atom is 0.201 e. The summed E-state index contributed by atoms with van der Waals surface area (Å²) in [5.74, 6) is -2.07. The second-order valence-electron chi connectivity index (χ2n) is 6.11. The fourth-order valence-electron chi connectivity index (χ4n) is 2.66. The molecule has 1 heterocycles. The van der Waals surface area contributed by atoms with E-state index in [1.807, 2.05) is 0 Å². The first-order valence-corrected chi connectivity index (χ1v) is 7.55. The molecule has 8 N–H and O–H groups in total. The van der Waals surface area contributed by atoms with Gasteiger partial charge in [0, 0.05) is 6.42 Å². The molecule has 0 aliphatic carbocycles. The third kappa shape index (κ3) is 4.39. The Morgan fingerprint density at radius 3 is 2.20 bits per heavy atom. The van der Waals surface area contributed by atoms with Crippen LogP contribution in [0, 0.1) is 0 Å². The highest BCUT2D eigenvalue weighted by atomic mass is 16.5. The van der Waals surface area contributed by atoms with Crippen LogP contribution < -0.4 is 0 Å². The van der Waals surface area contributed by atoms with Crippen molar-refractivity contribution in [2.45, 2.75) is 61.7 Å². The Bertz CT molecular complexity index is 483. The van der Waals surface area contributed by atoms with E-state index in [9.17, 15) is 45.3 Å². The fourth-order valence-corrected chi connectivity index (χ4v) is 2.66. The molecule has 0 aromatic rings. The van der Waals surface area contributed by atoms with Gasteiger partial charge in [-0.15, -0.1) is 0 Å². The largest absolute Gasteiger partial charge is 0.394 e. The van der Waals surface area contributed by atoms with Crippen LogP contribution in [0.4, 0.5) is 0 Å². The molecule has 1 aliphatic heterocycles. The topological polar surface area (TPSA) is 205 Å². The van der Waals surface area contributed by atoms with Crippen LogP contribution >= 0.6 is 0 Å². The molecule has 0 saturated carbocycles. The summed E-state index contributed by atoms with van der Waals surface area (Å²) in [7, 11) is 0. The zero-order valence-corrected chi connectivity index (χ0v) is 13.5. The third-order valence-corrected chi connectivity index (χ3v) is 4.14. The normalized spacial score (nSPS) is 32.7. The van der Waals surface area contributed by atoms with Gasteiger partial charge in [0.2, 0.25) is 5.78 Å². The number of Topliss-reactive ketones (excluding diaryl/α,β-unsaturated/α-hetero) is 2. The smallest absolute Gasteiger partial charge is 0.201 e. The Hall–Kier alpha value is -1.02. The molecule has 1 rings (SSSR count). The number of aliphatic hydroxyl groups is 8. The van der Waals surface area contributed by atoms with Gasteiger partial charge < -0.3 is 45.6 Å². The summed E-state index contributed by atoms with van der Waals surface area (Å²) in [4.78, 5) is 23.5. The molecule has 1 fully saturated rings. The van der Waals surface area contributed by atoms with Crippen molar-refractivity contribution in [1.82, 2.24) is 0 Å². The van der Waals surface area contributed by atoms with Gasteiger partial charge in [-0.25, -0.2) is 0 Å². The van der Waals surface area contributed by atoms with Crippen molar-refractivity contribution in [1.29, 1.82) is 0 Å². The summed E-state index contributed by atoms with van der Waals surface area (Å²) < 4.78 is 4.96. The minimum atomic E-state index is -2.86. The summed E-state index contributed by atoms with van der Waals surface area (Å²) in [6.45, 7) is -0.428. The lowest BCUT2D eigenvalue weighted by Crippen LogP contribution is -2.63. The quantitative estimate of drug-likeness (QED) is 0.193. The molecule has 1 unspecified atom stereocenters. The zero-order chi connectivity index (χ0) is 19.5. The van der Waals surface area contributed by atoms with Gasteiger partial charge in [0.25, 0.3) is 0 Å². The van der Waals surface area contributed by atoms with E-state index in [0.29, 0.717) is 0 Å². The highest BCUT2D eigenvalue weighted by molar-refractivity contribution is 5.93. The summed E-state index contributed by atoms with van der Waals surface area (Å²) in [6, 6.07) is 0. The van der Waals surface area contributed by atoms with E-state index in [4.69, 9.17) is 9.84 Å². The van der Waals surface area contributed by atoms with Gasteiger partial charge in [-0.3, -0.25) is 9.59 Å². The van der Waals surface area contributed by atoms with E-state index in [2.05, 4.69) is 0 Å². The predicted octanol–water partition coefficient (Wildman–Crippen LogP) is -5.18. The van der Waals surface area contributed by atoms with Crippen LogP contribution in [0.5, 0.6) is 0 Å². The minimum Gasteiger partial charge on any atom is -0.394 e. The van der Waals surface area contributed by atoms with E-state index < -0.39 is 79.5 Å². The van der Waals surface area contributed by atoms with E-state index in [-0.39, 0.29) is 0 Å². The fraction of sp³-hybridized carbons (Fsp3) is 0.857. The molecule has 0 spiro atoms. The van der Waals surface area contributed by atoms with Crippen molar-refractivity contribution < 1.29 is 55.2 Å². The van der Waals surface area contributed by atoms with Crippen LogP contribution in [-0.2, 0) is 14.3 Å². The molecule has 0 amide bonds. The lowest BCUT2D eigenvalue weighted by Gasteiger charge is -2.35. The first-order valence-electron chi connectivity index (χ1n) is 7.55. The van der Waals surface area contributed by atoms with Gasteiger partial charge in [-0.2, -0.15) is 0 Å². The molecule has 0 aromatic carbocycles. The zero-order valence-electron chi connectivity index (χ0n) is 13.5. The van der Waals surface area contributed by atoms with E-state index in [1.54, 1.807) is 0 Å². The molecule has 1 aliphatic rings. The van der Waals surface area contributed by atoms with Crippen LogP contribution in [0.3, 0.4) is 0 Å². The number of aliphatic hydroxyl groups excluding tert-OH is 7. The van der Waals surface area contributed by atoms with Crippen LogP contribution in [0.15, 0.2) is 0 Å². The number of carbonyl (C=O) groups excluding carboxylic acids is 2. The standard InChI is InChI=1S/C14H24O11/c1-5(16)2-6(17)13-14(24,8(19)4-25-13)12(23)11(22)10(21)9(20)7(18)3-15/h6-11,13,15,17-22,24H,2-4H2,1H3/t6?,7-,8-,9-,10+,11-,13-,14-/m1/s1. The number of hydrogen-bond donors (Lipinski definition) is 8. The SMILES string of the molecule is CC(=O)CC(O)[C@H]1OC[C@@H](O)[C@@]1(O)C(=O)[C@H](O)[C@@H](O)[C@H](O)[C@H](O)CO. The first kappa shape index (κ1) is 22.0. The summed E-state index contributed by atoms with van der Waals surface area (Å²) in [5.41, 5.74) is -2.86. The van der Waals surface area contributed by atoms with Crippen LogP contribution in [0.25, 0.3) is 0 Å². The highest BCUT2D eigenvalue weighted by Crippen LogP contribution is 2.32. The number of ketones is 2. The van der Waals surface area contributed by atoms with Crippen molar-refractivity contribution >= 4 is 11.6 Å². The van der Waals surface area contributed by atoms with Crippen LogP contribution in [0.2, 0.25) is 0 Å². The monoisotopic (exact) mass is 368 g/mol. The molecule has 0 radical (unpaired) electrons. The third-order valence-electron chi connectivity index (χ3n) is 4.14. The minimum absolute atomic E-state index is 0.491. The molecular weight excluding hydrogens is 344 g/mol. The van der Waals surface area contributed by atoms with Gasteiger partial charge >= 0.3 is 0 Å². The maximum atomic E-state index is 12.4. The molecule has 8 atom stereocenters. The second kappa shape index (κ2) is 8.58. The summed E-state index contributed by atoms with van der Waals surface area (Å²) >= 11 is 0. The second-order valence-corrected chi connectivity index (χ2v) is 6.11. The van der Waals surface area contributed by atoms with Crippen molar-refractivity contribution in [3.63, 3.8) is 0 Å². The molecule has 11 nitrogen and oxygen atoms in total. The molecule has 0 aromatic heterocycles. The molecular formula is C14H24O11. The number of carbonyl (C=O) groups is 2. The van der Waals surface area contributed by atoms with Gasteiger partial charge in [-0.1, -0.05) is 0 Å². The summed E-state index contributed by atoms with van der Waals surface area (Å²) in [6.07, 6.45) is -14.6. The number of rotatable bonds is 9. The first-order chi connectivity index (χ1) is 11.5. The van der Waals surface area contributed by atoms with Gasteiger partial charge in [0.1, 0.15) is 42.4 Å². The molecule has 146 valence electrons. The molecule has 25 heavy (non-hydrogen) atoms. The van der Waals surface area contributed by atoms with Crippen molar-refractivity contribution in [2.75, 3.05) is 13.2 Å². The Kier molecular flexibility index (Phi) is 7.55. The lowest BCUT2D eigenvalue weighted by molar-refractivity contribution is -0.181. The molecule has 0 bridgehead atoms. The van der Waals surface area contributed by atoms with Gasteiger partial charge in [-0.05, 0) is 6.92 Å². The van der Waals surface area contributed by atoms with Crippen LogP contribution in [-0.4, -0.2) is 114 Å². The van der Waals surface area contributed by atoms with Crippen molar-refractivity contribution in [2.24, 2.45) is 0 Å². The van der Waals surface area contributed by atoms with Crippen LogP contribution in [0.1, 0.15) is 13.3 Å². The number of ether oxygens (including phenoxy) is 1. The summed E-state index contributed by atoms with van der Waals surface area (Å²) in [5, 5.41) is 77.5. The number of hydrogen-bond acceptors (Lipinski definition) is 11. The Morgan fingerprint density at radius 2 is 1.72 bits per heavy atom. The van der Waals surface area contributed by atoms with E-state index in [1.165, 1.54) is 0 Å². The van der Waals surface area contributed by atoms with E-state index in [0.717, 1.165) is 6.92 Å². The average Bonchev–Trinajstić information content (AvgIpc) is 2.87. The predicted molar refractivity (Wildman–Crippen MR) is 78.1 cm³/mol. The van der Waals surface area contributed by atoms with Gasteiger partial charge in [0.05, 0.1) is 19.3 Å². The maximum absolute atomic E-state index is 12.4. The van der Waals surface area contributed by atoms with E-state index >= 15 is 0 Å². The highest BCUT2D eigenvalue weighted by Gasteiger charge is 2.60. The Balaban J connectivity index is 3.03. The Labute approximate surface area is 142 Å². The van der Waals surface area contributed by atoms with Crippen molar-refractivity contribution in [3.05, 3.63) is 0 Å². The van der Waals surface area contributed by atoms with Crippen molar-refractivity contribution in [3.8, 4) is 0 Å². The van der Waals surface area contributed by atoms with Gasteiger partial charge in [0.15, 0.2) is 5.60 Å². The Morgan fingerprint density at radius 1 is 1.16 bits per heavy atom. The molecule has 11 heteroatoms.